The Hall–Kier alpha value is -1.46. The number of imidazole rings is 1. The SMILES string of the molecule is Cc1cc(C)n2cc(CN(C)C(C)(C)CO)nc2n1. The molecule has 5 heteroatoms. The number of aliphatic hydroxyl groups is 1. The number of likely N-dealkylation sites (N-methyl/N-ethyl adjacent to an activating group) is 1. The first-order valence-electron chi connectivity index (χ1n) is 6.48. The van der Waals surface area contributed by atoms with Crippen LogP contribution in [0.1, 0.15) is 30.9 Å². The molecule has 19 heavy (non-hydrogen) atoms. The molecule has 0 aromatic carbocycles. The largest absolute Gasteiger partial charge is 0.394 e. The van der Waals surface area contributed by atoms with E-state index in [1.807, 2.05) is 44.5 Å². The number of hydrogen-bond donors (Lipinski definition) is 1. The molecule has 104 valence electrons. The van der Waals surface area contributed by atoms with Crippen LogP contribution < -0.4 is 0 Å². The maximum atomic E-state index is 9.38. The summed E-state index contributed by atoms with van der Waals surface area (Å²) >= 11 is 0. The second kappa shape index (κ2) is 4.90. The van der Waals surface area contributed by atoms with Crippen molar-refractivity contribution >= 4 is 5.78 Å². The molecule has 2 rings (SSSR count). The van der Waals surface area contributed by atoms with Gasteiger partial charge in [-0.3, -0.25) is 9.30 Å². The van der Waals surface area contributed by atoms with Crippen LogP contribution in [0.4, 0.5) is 0 Å². The molecule has 5 nitrogen and oxygen atoms in total. The number of aromatic nitrogens is 3. The van der Waals surface area contributed by atoms with Gasteiger partial charge in [0, 0.05) is 29.7 Å². The second-order valence-corrected chi connectivity index (χ2v) is 5.77. The standard InChI is InChI=1S/C14H22N4O/c1-10-6-11(2)18-8-12(16-13(18)15-10)7-17(5)14(3,4)9-19/h6,8,19H,7,9H2,1-5H3. The van der Waals surface area contributed by atoms with Gasteiger partial charge in [-0.1, -0.05) is 0 Å². The van der Waals surface area contributed by atoms with Gasteiger partial charge in [-0.15, -0.1) is 0 Å². The average Bonchev–Trinajstić information content (AvgIpc) is 2.71. The molecule has 0 unspecified atom stereocenters. The van der Waals surface area contributed by atoms with Crippen LogP contribution in [0.25, 0.3) is 5.78 Å². The molecule has 0 bridgehead atoms. The van der Waals surface area contributed by atoms with Gasteiger partial charge in [-0.05, 0) is 40.8 Å². The lowest BCUT2D eigenvalue weighted by molar-refractivity contribution is 0.0726. The van der Waals surface area contributed by atoms with E-state index >= 15 is 0 Å². The average molecular weight is 262 g/mol. The van der Waals surface area contributed by atoms with Crippen molar-refractivity contribution in [2.24, 2.45) is 0 Å². The Morgan fingerprint density at radius 1 is 1.32 bits per heavy atom. The van der Waals surface area contributed by atoms with Gasteiger partial charge in [0.1, 0.15) is 0 Å². The van der Waals surface area contributed by atoms with Crippen LogP contribution >= 0.6 is 0 Å². The Labute approximate surface area is 113 Å². The van der Waals surface area contributed by atoms with Crippen molar-refractivity contribution in [1.29, 1.82) is 0 Å². The molecule has 2 aromatic rings. The Morgan fingerprint density at radius 3 is 2.63 bits per heavy atom. The maximum Gasteiger partial charge on any atom is 0.234 e. The quantitative estimate of drug-likeness (QED) is 0.908. The number of nitrogens with zero attached hydrogens (tertiary/aromatic N) is 4. The molecule has 2 heterocycles. The Bertz CT molecular complexity index is 588. The minimum atomic E-state index is -0.256. The van der Waals surface area contributed by atoms with Crippen LogP contribution in [0.3, 0.4) is 0 Å². The second-order valence-electron chi connectivity index (χ2n) is 5.77. The zero-order chi connectivity index (χ0) is 14.2. The fourth-order valence-electron chi connectivity index (χ4n) is 1.97. The summed E-state index contributed by atoms with van der Waals surface area (Å²) in [6.07, 6.45) is 2.01. The van der Waals surface area contributed by atoms with E-state index in [-0.39, 0.29) is 12.1 Å². The van der Waals surface area contributed by atoms with Crippen molar-refractivity contribution in [1.82, 2.24) is 19.3 Å². The molecular weight excluding hydrogens is 240 g/mol. The molecule has 0 amide bonds. The lowest BCUT2D eigenvalue weighted by atomic mass is 10.1. The number of aryl methyl sites for hydroxylation is 2. The summed E-state index contributed by atoms with van der Waals surface area (Å²) in [5, 5.41) is 9.38. The number of hydrogen-bond acceptors (Lipinski definition) is 4. The Kier molecular flexibility index (Phi) is 3.60. The molecule has 2 aromatic heterocycles. The summed E-state index contributed by atoms with van der Waals surface area (Å²) in [4.78, 5) is 11.1. The Morgan fingerprint density at radius 2 is 2.00 bits per heavy atom. The fourth-order valence-corrected chi connectivity index (χ4v) is 1.97. The summed E-state index contributed by atoms with van der Waals surface area (Å²) in [6, 6.07) is 2.04. The molecule has 0 saturated heterocycles. The first-order chi connectivity index (χ1) is 8.83. The third-order valence-corrected chi connectivity index (χ3v) is 3.63. The summed E-state index contributed by atoms with van der Waals surface area (Å²) in [6.45, 7) is 8.85. The summed E-state index contributed by atoms with van der Waals surface area (Å²) in [7, 11) is 1.99. The van der Waals surface area contributed by atoms with Crippen LogP contribution in [-0.4, -0.2) is 43.6 Å². The molecular formula is C14H22N4O. The van der Waals surface area contributed by atoms with Crippen LogP contribution in [-0.2, 0) is 6.54 Å². The van der Waals surface area contributed by atoms with E-state index in [9.17, 15) is 5.11 Å². The van der Waals surface area contributed by atoms with Gasteiger partial charge in [0.05, 0.1) is 12.3 Å². The van der Waals surface area contributed by atoms with Crippen molar-refractivity contribution in [2.75, 3.05) is 13.7 Å². The van der Waals surface area contributed by atoms with Gasteiger partial charge < -0.3 is 5.11 Å². The molecule has 0 fully saturated rings. The van der Waals surface area contributed by atoms with Crippen molar-refractivity contribution in [2.45, 2.75) is 39.8 Å². The summed E-state index contributed by atoms with van der Waals surface area (Å²) < 4.78 is 2.00. The highest BCUT2D eigenvalue weighted by atomic mass is 16.3. The van der Waals surface area contributed by atoms with E-state index in [1.54, 1.807) is 0 Å². The van der Waals surface area contributed by atoms with E-state index in [0.717, 1.165) is 22.9 Å². The lowest BCUT2D eigenvalue weighted by Crippen LogP contribution is -2.43. The molecule has 0 aliphatic rings. The van der Waals surface area contributed by atoms with Gasteiger partial charge >= 0.3 is 0 Å². The summed E-state index contributed by atoms with van der Waals surface area (Å²) in [5.41, 5.74) is 2.82. The van der Waals surface area contributed by atoms with E-state index in [4.69, 9.17) is 0 Å². The minimum Gasteiger partial charge on any atom is -0.394 e. The van der Waals surface area contributed by atoms with Crippen LogP contribution in [0.5, 0.6) is 0 Å². The highest BCUT2D eigenvalue weighted by molar-refractivity contribution is 5.34. The zero-order valence-corrected chi connectivity index (χ0v) is 12.3. The van der Waals surface area contributed by atoms with Gasteiger partial charge in [0.15, 0.2) is 0 Å². The molecule has 0 radical (unpaired) electrons. The normalized spacial score (nSPS) is 12.6. The summed E-state index contributed by atoms with van der Waals surface area (Å²) in [5.74, 6) is 0.739. The predicted molar refractivity (Wildman–Crippen MR) is 75.1 cm³/mol. The number of fused-ring (bicyclic) bond motifs is 1. The zero-order valence-electron chi connectivity index (χ0n) is 12.3. The van der Waals surface area contributed by atoms with Crippen LogP contribution in [0, 0.1) is 13.8 Å². The third kappa shape index (κ3) is 2.77. The predicted octanol–water partition coefficient (Wildman–Crippen LogP) is 1.55. The molecule has 0 spiro atoms. The van der Waals surface area contributed by atoms with Crippen molar-refractivity contribution in [3.8, 4) is 0 Å². The van der Waals surface area contributed by atoms with Crippen molar-refractivity contribution < 1.29 is 5.11 Å². The fraction of sp³-hybridized carbons (Fsp3) is 0.571. The molecule has 0 atom stereocenters. The topological polar surface area (TPSA) is 53.7 Å². The maximum absolute atomic E-state index is 9.38. The van der Waals surface area contributed by atoms with Gasteiger partial charge in [0.25, 0.3) is 0 Å². The molecule has 0 aliphatic heterocycles. The third-order valence-electron chi connectivity index (χ3n) is 3.63. The number of aliphatic hydroxyl groups excluding tert-OH is 1. The highest BCUT2D eigenvalue weighted by Gasteiger charge is 2.23. The van der Waals surface area contributed by atoms with Crippen LogP contribution in [0.2, 0.25) is 0 Å². The molecule has 0 aliphatic carbocycles. The Balaban J connectivity index is 2.30. The lowest BCUT2D eigenvalue weighted by Gasteiger charge is -2.33. The minimum absolute atomic E-state index is 0.118. The van der Waals surface area contributed by atoms with Crippen molar-refractivity contribution in [3.05, 3.63) is 29.3 Å². The van der Waals surface area contributed by atoms with Gasteiger partial charge in [0.2, 0.25) is 5.78 Å². The molecule has 0 saturated carbocycles. The van der Waals surface area contributed by atoms with Gasteiger partial charge in [-0.2, -0.15) is 0 Å². The van der Waals surface area contributed by atoms with E-state index in [1.165, 1.54) is 0 Å². The smallest absolute Gasteiger partial charge is 0.234 e. The van der Waals surface area contributed by atoms with Crippen LogP contribution in [0.15, 0.2) is 12.3 Å². The first-order valence-corrected chi connectivity index (χ1v) is 6.48. The van der Waals surface area contributed by atoms with Crippen molar-refractivity contribution in [3.63, 3.8) is 0 Å². The van der Waals surface area contributed by atoms with Gasteiger partial charge in [-0.25, -0.2) is 9.97 Å². The number of rotatable bonds is 4. The monoisotopic (exact) mass is 262 g/mol. The highest BCUT2D eigenvalue weighted by Crippen LogP contribution is 2.16. The molecule has 1 N–H and O–H groups in total. The van der Waals surface area contributed by atoms with E-state index < -0.39 is 0 Å². The van der Waals surface area contributed by atoms with E-state index in [2.05, 4.69) is 21.8 Å². The van der Waals surface area contributed by atoms with E-state index in [0.29, 0.717) is 6.54 Å². The first kappa shape index (κ1) is 14.0.